The Kier molecular flexibility index (Phi) is 6.65. The third-order valence-electron chi connectivity index (χ3n) is 4.99. The molecule has 0 radical (unpaired) electrons. The second-order valence-electron chi connectivity index (χ2n) is 6.98. The second kappa shape index (κ2) is 8.81. The van der Waals surface area contributed by atoms with Gasteiger partial charge in [-0.25, -0.2) is 4.68 Å². The zero-order valence-corrected chi connectivity index (χ0v) is 19.0. The molecular weight excluding hydrogens is 532 g/mol. The highest BCUT2D eigenvalue weighted by molar-refractivity contribution is 7.92. The molecule has 188 valence electrons. The van der Waals surface area contributed by atoms with E-state index < -0.39 is 84.9 Å². The monoisotopic (exact) mass is 543 g/mol. The van der Waals surface area contributed by atoms with E-state index in [9.17, 15) is 45.7 Å². The number of benzene rings is 1. The fourth-order valence-electron chi connectivity index (χ4n) is 3.51. The third-order valence-corrected chi connectivity index (χ3v) is 6.46. The van der Waals surface area contributed by atoms with E-state index in [1.165, 1.54) is 6.07 Å². The summed E-state index contributed by atoms with van der Waals surface area (Å²) in [5, 5.41) is 16.6. The number of aromatic nitrogens is 2. The number of nitriles is 1. The summed E-state index contributed by atoms with van der Waals surface area (Å²) < 4.78 is 98.1. The van der Waals surface area contributed by atoms with Crippen LogP contribution >= 0.6 is 11.6 Å². The predicted octanol–water partition coefficient (Wildman–Crippen LogP) is 2.97. The number of methoxy groups -OCH3 is 1. The predicted molar refractivity (Wildman–Crippen MR) is 107 cm³/mol. The number of carbonyl (C=O) groups is 2. The van der Waals surface area contributed by atoms with Gasteiger partial charge in [-0.05, 0) is 12.1 Å². The van der Waals surface area contributed by atoms with Crippen molar-refractivity contribution in [2.45, 2.75) is 28.5 Å². The Bertz CT molecular complexity index is 1260. The number of anilines is 1. The number of carbonyl (C=O) groups excluding carboxylic acids is 2. The van der Waals surface area contributed by atoms with Crippen LogP contribution in [0, 0.1) is 11.3 Å². The molecule has 2 unspecified atom stereocenters. The van der Waals surface area contributed by atoms with Crippen molar-refractivity contribution in [3.63, 3.8) is 0 Å². The van der Waals surface area contributed by atoms with E-state index in [0.717, 1.165) is 14.2 Å². The van der Waals surface area contributed by atoms with Gasteiger partial charge in [0.25, 0.3) is 5.91 Å². The maximum absolute atomic E-state index is 13.6. The minimum absolute atomic E-state index is 0.427. The van der Waals surface area contributed by atoms with E-state index >= 15 is 0 Å². The molecule has 0 fully saturated rings. The van der Waals surface area contributed by atoms with Crippen molar-refractivity contribution in [3.8, 4) is 11.8 Å². The summed E-state index contributed by atoms with van der Waals surface area (Å²) in [7, 11) is 1.96. The maximum atomic E-state index is 13.6. The van der Waals surface area contributed by atoms with Gasteiger partial charge in [-0.1, -0.05) is 11.6 Å². The van der Waals surface area contributed by atoms with Crippen LogP contribution in [-0.4, -0.2) is 45.9 Å². The van der Waals surface area contributed by atoms with Crippen molar-refractivity contribution in [1.82, 2.24) is 15.1 Å². The minimum Gasteiger partial charge on any atom is -0.604 e. The average Bonchev–Trinajstić information content (AvgIpc) is 3.13. The molecule has 0 saturated carbocycles. The molecule has 1 aliphatic rings. The summed E-state index contributed by atoms with van der Waals surface area (Å²) in [5.74, 6) is -3.15. The van der Waals surface area contributed by atoms with Gasteiger partial charge in [0.1, 0.15) is 17.2 Å². The number of fused-ring (bicyclic) bond motifs is 3. The Morgan fingerprint density at radius 1 is 1.34 bits per heavy atom. The number of likely N-dealkylation sites (N-methyl/N-ethyl adjacent to an activating group) is 1. The first-order valence-electron chi connectivity index (χ1n) is 9.12. The topological polar surface area (TPSA) is 132 Å². The molecule has 1 aliphatic heterocycles. The number of alkyl halides is 6. The van der Waals surface area contributed by atoms with Crippen molar-refractivity contribution in [2.24, 2.45) is 0 Å². The zero-order valence-electron chi connectivity index (χ0n) is 17.4. The number of rotatable bonds is 4. The zero-order chi connectivity index (χ0) is 26.5. The van der Waals surface area contributed by atoms with Gasteiger partial charge in [0.15, 0.2) is 11.4 Å². The molecule has 0 aliphatic carbocycles. The van der Waals surface area contributed by atoms with E-state index in [1.807, 2.05) is 0 Å². The Morgan fingerprint density at radius 2 is 1.97 bits per heavy atom. The van der Waals surface area contributed by atoms with E-state index in [1.54, 1.807) is 0 Å². The Morgan fingerprint density at radius 3 is 2.46 bits per heavy atom. The number of nitrogens with one attached hydrogen (secondary N) is 2. The second-order valence-corrected chi connectivity index (χ2v) is 8.79. The molecule has 1 amide bonds. The van der Waals surface area contributed by atoms with Gasteiger partial charge in [0.2, 0.25) is 10.6 Å². The number of ether oxygens (including phenoxy) is 1. The third kappa shape index (κ3) is 4.34. The molecule has 17 heteroatoms. The maximum Gasteiger partial charge on any atom is 0.578 e. The lowest BCUT2D eigenvalue weighted by atomic mass is 9.82. The van der Waals surface area contributed by atoms with Crippen LogP contribution in [0.3, 0.4) is 0 Å². The fourth-order valence-corrected chi connectivity index (χ4v) is 4.62. The van der Waals surface area contributed by atoms with Crippen molar-refractivity contribution < 1.29 is 45.2 Å². The van der Waals surface area contributed by atoms with Crippen molar-refractivity contribution >= 4 is 40.5 Å². The number of hydrogen-bond acceptors (Lipinski definition) is 7. The Balaban J connectivity index is 2.51. The number of halogens is 7. The van der Waals surface area contributed by atoms with Crippen molar-refractivity contribution in [3.05, 3.63) is 34.0 Å². The first-order valence-corrected chi connectivity index (χ1v) is 10.7. The summed E-state index contributed by atoms with van der Waals surface area (Å²) in [4.78, 5) is 24.1. The molecule has 35 heavy (non-hydrogen) atoms. The molecule has 0 spiro atoms. The first kappa shape index (κ1) is 26.4. The summed E-state index contributed by atoms with van der Waals surface area (Å²) in [6.07, 6.45) is -6.01. The van der Waals surface area contributed by atoms with Gasteiger partial charge < -0.3 is 19.9 Å². The van der Waals surface area contributed by atoms with Crippen LogP contribution < -0.4 is 10.6 Å². The molecule has 9 nitrogen and oxygen atoms in total. The highest BCUT2D eigenvalue weighted by Gasteiger charge is 2.55. The molecule has 0 bridgehead atoms. The van der Waals surface area contributed by atoms with Gasteiger partial charge in [-0.15, -0.1) is 18.3 Å². The molecule has 1 aromatic heterocycles. The van der Waals surface area contributed by atoms with Crippen LogP contribution in [0.1, 0.15) is 23.2 Å². The molecule has 2 N–H and O–H groups in total. The van der Waals surface area contributed by atoms with E-state index in [4.69, 9.17) is 11.6 Å². The smallest absolute Gasteiger partial charge is 0.578 e. The van der Waals surface area contributed by atoms with Crippen LogP contribution in [0.2, 0.25) is 5.02 Å². The molecule has 2 aromatic rings. The van der Waals surface area contributed by atoms with Gasteiger partial charge in [-0.3, -0.25) is 9.59 Å². The molecule has 1 aromatic carbocycles. The van der Waals surface area contributed by atoms with Crippen LogP contribution in [0.5, 0.6) is 0 Å². The SMILES string of the molecule is CNC(=O)C1(CC(=O)OC)Nc2c([S+]([O-])C(F)(F)F)c(C#N)nn2-c2c(Cl)cc(C(F)(F)F)cc21. The quantitative estimate of drug-likeness (QED) is 0.344. The van der Waals surface area contributed by atoms with E-state index in [-0.39, 0.29) is 0 Å². The molecule has 3 rings (SSSR count). The molecule has 2 heterocycles. The summed E-state index contributed by atoms with van der Waals surface area (Å²) in [6, 6.07) is 2.22. The van der Waals surface area contributed by atoms with Crippen LogP contribution in [0.4, 0.5) is 32.2 Å². The van der Waals surface area contributed by atoms with Gasteiger partial charge >= 0.3 is 17.7 Å². The van der Waals surface area contributed by atoms with Crippen LogP contribution in [-0.2, 0) is 37.2 Å². The number of esters is 1. The number of hydrogen-bond donors (Lipinski definition) is 2. The van der Waals surface area contributed by atoms with Gasteiger partial charge in [0.05, 0.1) is 29.8 Å². The Hall–Kier alpha value is -3.16. The summed E-state index contributed by atoms with van der Waals surface area (Å²) in [5.41, 5.74) is -11.4. The van der Waals surface area contributed by atoms with Crippen LogP contribution in [0.25, 0.3) is 5.69 Å². The largest absolute Gasteiger partial charge is 0.604 e. The average molecular weight is 544 g/mol. The van der Waals surface area contributed by atoms with Gasteiger partial charge in [-0.2, -0.15) is 18.4 Å². The minimum atomic E-state index is -5.39. The lowest BCUT2D eigenvalue weighted by Crippen LogP contribution is -2.53. The lowest BCUT2D eigenvalue weighted by Gasteiger charge is -2.39. The highest BCUT2D eigenvalue weighted by atomic mass is 35.5. The van der Waals surface area contributed by atoms with Gasteiger partial charge in [0, 0.05) is 12.6 Å². The lowest BCUT2D eigenvalue weighted by molar-refractivity contribution is -0.144. The molecule has 2 atom stereocenters. The molecular formula is C18H12ClF6N5O4S. The van der Waals surface area contributed by atoms with Crippen molar-refractivity contribution in [2.75, 3.05) is 19.5 Å². The van der Waals surface area contributed by atoms with Crippen molar-refractivity contribution in [1.29, 1.82) is 5.26 Å². The standard InChI is InChI=1S/C18H12ClF6N5O4S/c1-27-15(32)16(5-11(31)34-2)8-3-7(17(20,21)22)4-9(19)12(8)30-14(28-16)13(10(6-26)29-30)35(33)18(23,24)25/h3-4,28H,5H2,1-2H3,(H,27,32). The molecule has 0 saturated heterocycles. The van der Waals surface area contributed by atoms with Crippen LogP contribution in [0.15, 0.2) is 17.0 Å². The highest BCUT2D eigenvalue weighted by Crippen LogP contribution is 2.49. The van der Waals surface area contributed by atoms with E-state index in [2.05, 4.69) is 20.5 Å². The first-order chi connectivity index (χ1) is 16.1. The van der Waals surface area contributed by atoms with E-state index in [0.29, 0.717) is 16.8 Å². The summed E-state index contributed by atoms with van der Waals surface area (Å²) in [6.45, 7) is 0. The number of nitrogens with zero attached hydrogens (tertiary/aromatic N) is 3. The Labute approximate surface area is 200 Å². The fraction of sp³-hybridized carbons (Fsp3) is 0.333. The number of amides is 1. The summed E-state index contributed by atoms with van der Waals surface area (Å²) >= 11 is 2.21. The normalized spacial score (nSPS) is 18.0.